The van der Waals surface area contributed by atoms with Crippen molar-refractivity contribution in [3.8, 4) is 0 Å². The lowest BCUT2D eigenvalue weighted by Gasteiger charge is -2.39. The highest BCUT2D eigenvalue weighted by Crippen LogP contribution is 2.20. The third-order valence-electron chi connectivity index (χ3n) is 4.63. The van der Waals surface area contributed by atoms with E-state index in [0.717, 1.165) is 25.7 Å². The van der Waals surface area contributed by atoms with Crippen molar-refractivity contribution in [2.24, 2.45) is 5.92 Å². The first-order valence-corrected chi connectivity index (χ1v) is 7.34. The van der Waals surface area contributed by atoms with Crippen molar-refractivity contribution in [1.82, 2.24) is 15.1 Å². The Morgan fingerprint density at radius 1 is 1.22 bits per heavy atom. The van der Waals surface area contributed by atoms with E-state index in [4.69, 9.17) is 4.74 Å². The third-order valence-corrected chi connectivity index (χ3v) is 4.63. The first-order chi connectivity index (χ1) is 8.70. The van der Waals surface area contributed by atoms with Crippen molar-refractivity contribution < 1.29 is 4.74 Å². The molecule has 0 radical (unpaired) electrons. The van der Waals surface area contributed by atoms with E-state index in [1.54, 1.807) is 0 Å². The number of hydrogen-bond acceptors (Lipinski definition) is 4. The van der Waals surface area contributed by atoms with Gasteiger partial charge in [0.05, 0.1) is 6.61 Å². The molecular formula is C14H29N3O. The average Bonchev–Trinajstić information content (AvgIpc) is 2.40. The van der Waals surface area contributed by atoms with Crippen LogP contribution >= 0.6 is 0 Å². The zero-order valence-electron chi connectivity index (χ0n) is 12.2. The van der Waals surface area contributed by atoms with Gasteiger partial charge in [0, 0.05) is 31.2 Å². The molecule has 2 aliphatic rings. The molecule has 2 aliphatic heterocycles. The van der Waals surface area contributed by atoms with Gasteiger partial charge >= 0.3 is 0 Å². The summed E-state index contributed by atoms with van der Waals surface area (Å²) in [6.45, 7) is 5.54. The Morgan fingerprint density at radius 2 is 1.94 bits per heavy atom. The van der Waals surface area contributed by atoms with Crippen LogP contribution in [-0.2, 0) is 4.74 Å². The van der Waals surface area contributed by atoms with Gasteiger partial charge in [0.25, 0.3) is 0 Å². The van der Waals surface area contributed by atoms with Crippen molar-refractivity contribution in [3.63, 3.8) is 0 Å². The molecule has 0 bridgehead atoms. The van der Waals surface area contributed by atoms with E-state index in [0.29, 0.717) is 12.0 Å². The second-order valence-corrected chi connectivity index (χ2v) is 6.01. The first kappa shape index (κ1) is 14.3. The lowest BCUT2D eigenvalue weighted by atomic mass is 9.94. The van der Waals surface area contributed by atoms with Crippen molar-refractivity contribution in [3.05, 3.63) is 0 Å². The van der Waals surface area contributed by atoms with E-state index in [-0.39, 0.29) is 0 Å². The van der Waals surface area contributed by atoms with Gasteiger partial charge in [0.1, 0.15) is 0 Å². The Balaban J connectivity index is 1.76. The summed E-state index contributed by atoms with van der Waals surface area (Å²) in [5.74, 6) is 0.666. The minimum atomic E-state index is 0.644. The second-order valence-electron chi connectivity index (χ2n) is 6.01. The summed E-state index contributed by atoms with van der Waals surface area (Å²) < 4.78 is 5.64. The van der Waals surface area contributed by atoms with Crippen LogP contribution in [0, 0.1) is 5.92 Å². The van der Waals surface area contributed by atoms with Crippen LogP contribution in [0.4, 0.5) is 0 Å². The molecule has 4 heteroatoms. The van der Waals surface area contributed by atoms with E-state index in [9.17, 15) is 0 Å². The molecule has 0 spiro atoms. The largest absolute Gasteiger partial charge is 0.381 e. The fraction of sp³-hybridized carbons (Fsp3) is 1.00. The number of nitrogens with one attached hydrogen (secondary N) is 1. The third kappa shape index (κ3) is 3.67. The molecule has 18 heavy (non-hydrogen) atoms. The molecule has 2 unspecified atom stereocenters. The van der Waals surface area contributed by atoms with Crippen LogP contribution in [0.1, 0.15) is 19.3 Å². The zero-order chi connectivity index (χ0) is 13.0. The second kappa shape index (κ2) is 6.85. The standard InChI is InChI=1S/C14H29N3O/c1-15-14-6-9-18-11-12(14)10-17-7-4-13(5-8-17)16(2)3/h12-15H,4-11H2,1-3H3. The first-order valence-electron chi connectivity index (χ1n) is 7.34. The van der Waals surface area contributed by atoms with Crippen LogP contribution in [-0.4, -0.2) is 75.9 Å². The summed E-state index contributed by atoms with van der Waals surface area (Å²) in [6, 6.07) is 1.43. The Labute approximate surface area is 112 Å². The summed E-state index contributed by atoms with van der Waals surface area (Å²) in [6.07, 6.45) is 3.78. The van der Waals surface area contributed by atoms with Crippen LogP contribution in [0.25, 0.3) is 0 Å². The van der Waals surface area contributed by atoms with Crippen LogP contribution < -0.4 is 5.32 Å². The van der Waals surface area contributed by atoms with E-state index in [1.807, 2.05) is 0 Å². The lowest BCUT2D eigenvalue weighted by molar-refractivity contribution is 0.0122. The molecule has 2 rings (SSSR count). The lowest BCUT2D eigenvalue weighted by Crippen LogP contribution is -2.49. The van der Waals surface area contributed by atoms with Crippen LogP contribution in [0.5, 0.6) is 0 Å². The molecule has 2 heterocycles. The van der Waals surface area contributed by atoms with Crippen LogP contribution in [0.2, 0.25) is 0 Å². The molecule has 0 saturated carbocycles. The Kier molecular flexibility index (Phi) is 5.42. The van der Waals surface area contributed by atoms with Gasteiger partial charge in [-0.05, 0) is 53.5 Å². The van der Waals surface area contributed by atoms with Crippen molar-refractivity contribution in [2.75, 3.05) is 54.0 Å². The number of hydrogen-bond donors (Lipinski definition) is 1. The minimum absolute atomic E-state index is 0.644. The highest BCUT2D eigenvalue weighted by Gasteiger charge is 2.28. The fourth-order valence-electron chi connectivity index (χ4n) is 3.31. The van der Waals surface area contributed by atoms with Crippen LogP contribution in [0.15, 0.2) is 0 Å². The van der Waals surface area contributed by atoms with Gasteiger partial charge in [-0.3, -0.25) is 0 Å². The Hall–Kier alpha value is -0.160. The molecule has 1 N–H and O–H groups in total. The summed E-state index contributed by atoms with van der Waals surface area (Å²) in [5, 5.41) is 3.46. The average molecular weight is 255 g/mol. The van der Waals surface area contributed by atoms with Gasteiger partial charge in [-0.25, -0.2) is 0 Å². The molecule has 0 aromatic heterocycles. The number of ether oxygens (including phenoxy) is 1. The molecule has 0 amide bonds. The normalized spacial score (nSPS) is 32.0. The van der Waals surface area contributed by atoms with E-state index in [1.165, 1.54) is 32.5 Å². The quantitative estimate of drug-likeness (QED) is 0.798. The molecule has 0 aliphatic carbocycles. The summed E-state index contributed by atoms with van der Waals surface area (Å²) in [4.78, 5) is 5.00. The van der Waals surface area contributed by atoms with Gasteiger partial charge < -0.3 is 19.9 Å². The highest BCUT2D eigenvalue weighted by atomic mass is 16.5. The summed E-state index contributed by atoms with van der Waals surface area (Å²) in [7, 11) is 6.49. The monoisotopic (exact) mass is 255 g/mol. The van der Waals surface area contributed by atoms with Gasteiger partial charge in [-0.15, -0.1) is 0 Å². The Morgan fingerprint density at radius 3 is 2.56 bits per heavy atom. The minimum Gasteiger partial charge on any atom is -0.381 e. The predicted molar refractivity (Wildman–Crippen MR) is 74.9 cm³/mol. The van der Waals surface area contributed by atoms with Crippen molar-refractivity contribution >= 4 is 0 Å². The molecule has 0 aromatic carbocycles. The Bertz CT molecular complexity index is 239. The molecule has 0 aromatic rings. The van der Waals surface area contributed by atoms with Gasteiger partial charge in [-0.2, -0.15) is 0 Å². The molecule has 2 atom stereocenters. The highest BCUT2D eigenvalue weighted by molar-refractivity contribution is 4.84. The SMILES string of the molecule is CNC1CCOCC1CN1CCC(N(C)C)CC1. The number of nitrogens with zero attached hydrogens (tertiary/aromatic N) is 2. The summed E-state index contributed by atoms with van der Waals surface area (Å²) in [5.41, 5.74) is 0. The van der Waals surface area contributed by atoms with Gasteiger partial charge in [0.15, 0.2) is 0 Å². The van der Waals surface area contributed by atoms with Gasteiger partial charge in [-0.1, -0.05) is 0 Å². The maximum absolute atomic E-state index is 5.64. The van der Waals surface area contributed by atoms with E-state index >= 15 is 0 Å². The van der Waals surface area contributed by atoms with Crippen molar-refractivity contribution in [2.45, 2.75) is 31.3 Å². The van der Waals surface area contributed by atoms with Crippen molar-refractivity contribution in [1.29, 1.82) is 0 Å². The maximum Gasteiger partial charge on any atom is 0.0521 e. The molecule has 2 fully saturated rings. The number of piperidine rings is 1. The molecule has 106 valence electrons. The number of rotatable bonds is 4. The molecular weight excluding hydrogens is 226 g/mol. The molecule has 2 saturated heterocycles. The van der Waals surface area contributed by atoms with Crippen LogP contribution in [0.3, 0.4) is 0 Å². The summed E-state index contributed by atoms with van der Waals surface area (Å²) >= 11 is 0. The van der Waals surface area contributed by atoms with E-state index < -0.39 is 0 Å². The van der Waals surface area contributed by atoms with E-state index in [2.05, 4.69) is 36.3 Å². The molecule has 4 nitrogen and oxygen atoms in total. The topological polar surface area (TPSA) is 27.7 Å². The maximum atomic E-state index is 5.64. The zero-order valence-corrected chi connectivity index (χ0v) is 12.2. The smallest absolute Gasteiger partial charge is 0.0521 e. The number of likely N-dealkylation sites (tertiary alicyclic amines) is 1. The predicted octanol–water partition coefficient (Wildman–Crippen LogP) is 0.637. The van der Waals surface area contributed by atoms with Gasteiger partial charge in [0.2, 0.25) is 0 Å². The fourth-order valence-corrected chi connectivity index (χ4v) is 3.31.